The normalized spacial score (nSPS) is 20.2. The highest BCUT2D eigenvalue weighted by atomic mass is 32.2. The van der Waals surface area contributed by atoms with Gasteiger partial charge in [0, 0.05) is 6.54 Å². The molecule has 0 aromatic rings. The Kier molecular flexibility index (Phi) is 3.36. The first-order chi connectivity index (χ1) is 7.11. The van der Waals surface area contributed by atoms with Gasteiger partial charge in [-0.05, 0) is 33.6 Å². The molecule has 0 amide bonds. The van der Waals surface area contributed by atoms with Crippen molar-refractivity contribution >= 4 is 16.0 Å². The van der Waals surface area contributed by atoms with Crippen LogP contribution in [0, 0.1) is 5.41 Å². The van der Waals surface area contributed by atoms with Gasteiger partial charge in [0.15, 0.2) is 0 Å². The fraction of sp³-hybridized carbons (Fsp3) is 0.900. The Bertz CT molecular complexity index is 376. The highest BCUT2D eigenvalue weighted by Crippen LogP contribution is 2.40. The first-order valence-corrected chi connectivity index (χ1v) is 6.82. The summed E-state index contributed by atoms with van der Waals surface area (Å²) in [7, 11) is -3.45. The average Bonchev–Trinajstić information content (AvgIpc) is 1.98. The Balaban J connectivity index is 2.68. The summed E-state index contributed by atoms with van der Waals surface area (Å²) >= 11 is 0. The maximum atomic E-state index is 11.8. The summed E-state index contributed by atoms with van der Waals surface area (Å²) in [6.45, 7) is 4.76. The number of sulfonamides is 1. The molecule has 0 bridgehead atoms. The minimum absolute atomic E-state index is 0.00192. The lowest BCUT2D eigenvalue weighted by Crippen LogP contribution is -2.50. The maximum Gasteiger partial charge on any atom is 0.310 e. The van der Waals surface area contributed by atoms with Crippen molar-refractivity contribution in [3.05, 3.63) is 0 Å². The number of carboxylic acids is 1. The molecule has 5 nitrogen and oxygen atoms in total. The van der Waals surface area contributed by atoms with E-state index in [1.165, 1.54) is 0 Å². The second-order valence-corrected chi connectivity index (χ2v) is 7.90. The van der Waals surface area contributed by atoms with Gasteiger partial charge >= 0.3 is 5.97 Å². The van der Waals surface area contributed by atoms with E-state index >= 15 is 0 Å². The monoisotopic (exact) mass is 249 g/mol. The van der Waals surface area contributed by atoms with Gasteiger partial charge in [0.25, 0.3) is 0 Å². The van der Waals surface area contributed by atoms with Crippen LogP contribution in [0.15, 0.2) is 0 Å². The summed E-state index contributed by atoms with van der Waals surface area (Å²) in [6, 6.07) is 0. The lowest BCUT2D eigenvalue weighted by Gasteiger charge is -2.38. The van der Waals surface area contributed by atoms with Gasteiger partial charge in [-0.15, -0.1) is 0 Å². The molecule has 0 spiro atoms. The quantitative estimate of drug-likeness (QED) is 0.777. The van der Waals surface area contributed by atoms with Crippen LogP contribution in [0.5, 0.6) is 0 Å². The number of carbonyl (C=O) groups is 1. The lowest BCUT2D eigenvalue weighted by atomic mass is 9.69. The van der Waals surface area contributed by atoms with Gasteiger partial charge in [-0.3, -0.25) is 4.79 Å². The van der Waals surface area contributed by atoms with E-state index in [0.717, 1.165) is 6.42 Å². The molecule has 0 heterocycles. The summed E-state index contributed by atoms with van der Waals surface area (Å²) in [5.41, 5.74) is -0.877. The molecule has 0 atom stereocenters. The van der Waals surface area contributed by atoms with Crippen molar-refractivity contribution in [2.24, 2.45) is 5.41 Å². The van der Waals surface area contributed by atoms with Gasteiger partial charge < -0.3 is 5.11 Å². The highest BCUT2D eigenvalue weighted by molar-refractivity contribution is 7.90. The third-order valence-electron chi connectivity index (χ3n) is 3.17. The van der Waals surface area contributed by atoms with E-state index in [4.69, 9.17) is 5.11 Å². The van der Waals surface area contributed by atoms with Crippen LogP contribution < -0.4 is 4.72 Å². The topological polar surface area (TPSA) is 83.5 Å². The van der Waals surface area contributed by atoms with Crippen LogP contribution in [-0.4, -0.2) is 30.8 Å². The van der Waals surface area contributed by atoms with E-state index in [2.05, 4.69) is 4.72 Å². The number of rotatable bonds is 4. The molecule has 1 aliphatic carbocycles. The van der Waals surface area contributed by atoms with Gasteiger partial charge in [0.1, 0.15) is 0 Å². The molecule has 0 aromatic heterocycles. The van der Waals surface area contributed by atoms with Crippen molar-refractivity contribution in [2.75, 3.05) is 6.54 Å². The fourth-order valence-corrected chi connectivity index (χ4v) is 2.42. The summed E-state index contributed by atoms with van der Waals surface area (Å²) in [5.74, 6) is -0.907. The molecule has 1 saturated carbocycles. The maximum absolute atomic E-state index is 11.8. The van der Waals surface area contributed by atoms with Crippen LogP contribution >= 0.6 is 0 Å². The third-order valence-corrected chi connectivity index (χ3v) is 5.31. The third kappa shape index (κ3) is 2.38. The predicted molar refractivity (Wildman–Crippen MR) is 60.6 cm³/mol. The van der Waals surface area contributed by atoms with E-state index in [1.807, 2.05) is 0 Å². The Morgan fingerprint density at radius 2 is 1.88 bits per heavy atom. The second kappa shape index (κ2) is 4.00. The zero-order chi connectivity index (χ0) is 12.6. The number of nitrogens with one attached hydrogen (secondary N) is 1. The molecule has 0 radical (unpaired) electrons. The van der Waals surface area contributed by atoms with Crippen LogP contribution in [-0.2, 0) is 14.8 Å². The van der Waals surface area contributed by atoms with E-state index in [1.54, 1.807) is 20.8 Å². The zero-order valence-corrected chi connectivity index (χ0v) is 10.7. The number of hydrogen-bond donors (Lipinski definition) is 2. The first-order valence-electron chi connectivity index (χ1n) is 5.33. The molecular weight excluding hydrogens is 230 g/mol. The smallest absolute Gasteiger partial charge is 0.310 e. The molecule has 0 aliphatic heterocycles. The number of carboxylic acid groups (broad SMARTS) is 1. The van der Waals surface area contributed by atoms with Gasteiger partial charge in [0.05, 0.1) is 10.2 Å². The molecule has 0 unspecified atom stereocenters. The number of aliphatic carboxylic acids is 1. The Morgan fingerprint density at radius 1 is 1.38 bits per heavy atom. The molecule has 1 rings (SSSR count). The minimum atomic E-state index is -3.45. The average molecular weight is 249 g/mol. The highest BCUT2D eigenvalue weighted by Gasteiger charge is 2.45. The Labute approximate surface area is 96.3 Å². The first kappa shape index (κ1) is 13.4. The summed E-state index contributed by atoms with van der Waals surface area (Å²) in [6.07, 6.45) is 1.95. The molecule has 16 heavy (non-hydrogen) atoms. The summed E-state index contributed by atoms with van der Waals surface area (Å²) < 4.78 is 25.0. The van der Waals surface area contributed by atoms with Crippen molar-refractivity contribution in [1.82, 2.24) is 4.72 Å². The zero-order valence-electron chi connectivity index (χ0n) is 9.91. The van der Waals surface area contributed by atoms with Crippen molar-refractivity contribution in [1.29, 1.82) is 0 Å². The molecule has 94 valence electrons. The fourth-order valence-electron chi connectivity index (χ4n) is 1.52. The minimum Gasteiger partial charge on any atom is -0.481 e. The van der Waals surface area contributed by atoms with E-state index in [0.29, 0.717) is 12.8 Å². The molecule has 0 aromatic carbocycles. The second-order valence-electron chi connectivity index (χ2n) is 5.38. The standard InChI is InChI=1S/C10H19NO4S/c1-9(2,3)16(14,15)11-7-10(8(12)13)5-4-6-10/h11H,4-7H2,1-3H3,(H,12,13). The van der Waals surface area contributed by atoms with Crippen molar-refractivity contribution < 1.29 is 18.3 Å². The Hall–Kier alpha value is -0.620. The molecule has 6 heteroatoms. The van der Waals surface area contributed by atoms with Crippen LogP contribution in [0.2, 0.25) is 0 Å². The summed E-state index contributed by atoms with van der Waals surface area (Å²) in [5, 5.41) is 9.05. The van der Waals surface area contributed by atoms with Gasteiger partial charge in [0.2, 0.25) is 10.0 Å². The van der Waals surface area contributed by atoms with Crippen LogP contribution in [0.3, 0.4) is 0 Å². The van der Waals surface area contributed by atoms with Crippen molar-refractivity contribution in [2.45, 2.75) is 44.8 Å². The van der Waals surface area contributed by atoms with Crippen LogP contribution in [0.25, 0.3) is 0 Å². The van der Waals surface area contributed by atoms with E-state index in [9.17, 15) is 13.2 Å². The molecular formula is C10H19NO4S. The Morgan fingerprint density at radius 3 is 2.12 bits per heavy atom. The van der Waals surface area contributed by atoms with E-state index in [-0.39, 0.29) is 6.54 Å². The molecule has 2 N–H and O–H groups in total. The predicted octanol–water partition coefficient (Wildman–Crippen LogP) is 0.959. The molecule has 1 fully saturated rings. The SMILES string of the molecule is CC(C)(C)S(=O)(=O)NCC1(C(=O)O)CCC1. The van der Waals surface area contributed by atoms with Gasteiger partial charge in [-0.2, -0.15) is 0 Å². The van der Waals surface area contributed by atoms with Crippen LogP contribution in [0.1, 0.15) is 40.0 Å². The van der Waals surface area contributed by atoms with E-state index < -0.39 is 26.2 Å². The summed E-state index contributed by atoms with van der Waals surface area (Å²) in [4.78, 5) is 11.0. The van der Waals surface area contributed by atoms with Gasteiger partial charge in [-0.1, -0.05) is 6.42 Å². The van der Waals surface area contributed by atoms with Crippen molar-refractivity contribution in [3.63, 3.8) is 0 Å². The van der Waals surface area contributed by atoms with Gasteiger partial charge in [-0.25, -0.2) is 13.1 Å². The van der Waals surface area contributed by atoms with Crippen LogP contribution in [0.4, 0.5) is 0 Å². The molecule has 1 aliphatic rings. The number of hydrogen-bond acceptors (Lipinski definition) is 3. The lowest BCUT2D eigenvalue weighted by molar-refractivity contribution is -0.153. The largest absolute Gasteiger partial charge is 0.481 e. The molecule has 0 saturated heterocycles. The van der Waals surface area contributed by atoms with Crippen molar-refractivity contribution in [3.8, 4) is 0 Å².